The van der Waals surface area contributed by atoms with Crippen LogP contribution < -0.4 is 11.1 Å². The predicted molar refractivity (Wildman–Crippen MR) is 77.9 cm³/mol. The first kappa shape index (κ1) is 13.1. The van der Waals surface area contributed by atoms with Gasteiger partial charge < -0.3 is 11.1 Å². The minimum Gasteiger partial charge on any atom is -0.399 e. The summed E-state index contributed by atoms with van der Waals surface area (Å²) >= 11 is 0. The lowest BCUT2D eigenvalue weighted by molar-refractivity contribution is 0.0951. The molecule has 0 aliphatic heterocycles. The smallest absolute Gasteiger partial charge is 0.251 e. The van der Waals surface area contributed by atoms with Gasteiger partial charge >= 0.3 is 0 Å². The second-order valence-electron chi connectivity index (χ2n) is 4.80. The molecule has 3 nitrogen and oxygen atoms in total. The van der Waals surface area contributed by atoms with Crippen LogP contribution in [0.4, 0.5) is 5.69 Å². The van der Waals surface area contributed by atoms with E-state index in [4.69, 9.17) is 5.73 Å². The minimum atomic E-state index is -0.100. The van der Waals surface area contributed by atoms with Crippen molar-refractivity contribution in [1.29, 1.82) is 0 Å². The predicted octanol–water partition coefficient (Wildman–Crippen LogP) is 2.82. The molecule has 2 aromatic rings. The number of benzene rings is 2. The molecule has 0 saturated carbocycles. The molecular formula is C16H18N2O. The summed E-state index contributed by atoms with van der Waals surface area (Å²) in [6.07, 6.45) is 0. The average Bonchev–Trinajstić information content (AvgIpc) is 2.35. The maximum atomic E-state index is 12.0. The number of anilines is 1. The van der Waals surface area contributed by atoms with Crippen LogP contribution in [0.1, 0.15) is 27.0 Å². The largest absolute Gasteiger partial charge is 0.399 e. The fraction of sp³-hybridized carbons (Fsp3) is 0.188. The molecule has 1 amide bonds. The van der Waals surface area contributed by atoms with Crippen LogP contribution in [0.5, 0.6) is 0 Å². The lowest BCUT2D eigenvalue weighted by Gasteiger charge is -2.07. The van der Waals surface area contributed by atoms with Gasteiger partial charge in [-0.15, -0.1) is 0 Å². The van der Waals surface area contributed by atoms with Gasteiger partial charge in [0.2, 0.25) is 0 Å². The Hall–Kier alpha value is -2.29. The number of aryl methyl sites for hydroxylation is 2. The van der Waals surface area contributed by atoms with Crippen LogP contribution in [0.15, 0.2) is 42.5 Å². The highest BCUT2D eigenvalue weighted by molar-refractivity contribution is 5.95. The summed E-state index contributed by atoms with van der Waals surface area (Å²) < 4.78 is 0. The van der Waals surface area contributed by atoms with Gasteiger partial charge in [0.05, 0.1) is 0 Å². The lowest BCUT2D eigenvalue weighted by Crippen LogP contribution is -2.23. The zero-order valence-corrected chi connectivity index (χ0v) is 11.2. The Morgan fingerprint density at radius 3 is 2.58 bits per heavy atom. The lowest BCUT2D eigenvalue weighted by atomic mass is 10.1. The third-order valence-corrected chi connectivity index (χ3v) is 2.90. The van der Waals surface area contributed by atoms with Gasteiger partial charge in [0.25, 0.3) is 5.91 Å². The van der Waals surface area contributed by atoms with Gasteiger partial charge in [-0.3, -0.25) is 4.79 Å². The van der Waals surface area contributed by atoms with Crippen LogP contribution in [-0.2, 0) is 6.54 Å². The first-order valence-corrected chi connectivity index (χ1v) is 6.25. The van der Waals surface area contributed by atoms with Gasteiger partial charge in [0.15, 0.2) is 0 Å². The molecule has 0 atom stereocenters. The summed E-state index contributed by atoms with van der Waals surface area (Å²) in [6.45, 7) is 4.48. The molecule has 0 heterocycles. The molecule has 0 saturated heterocycles. The minimum absolute atomic E-state index is 0.100. The molecule has 3 N–H and O–H groups in total. The number of carbonyl (C=O) groups excluding carboxylic acids is 1. The number of rotatable bonds is 3. The van der Waals surface area contributed by atoms with Gasteiger partial charge in [-0.25, -0.2) is 0 Å². The van der Waals surface area contributed by atoms with Crippen LogP contribution in [0.25, 0.3) is 0 Å². The van der Waals surface area contributed by atoms with E-state index in [-0.39, 0.29) is 5.91 Å². The number of hydrogen-bond donors (Lipinski definition) is 2. The van der Waals surface area contributed by atoms with Crippen molar-refractivity contribution < 1.29 is 4.79 Å². The molecule has 0 fully saturated rings. The topological polar surface area (TPSA) is 55.1 Å². The van der Waals surface area contributed by atoms with Crippen molar-refractivity contribution in [1.82, 2.24) is 5.32 Å². The third kappa shape index (κ3) is 3.58. The van der Waals surface area contributed by atoms with Crippen molar-refractivity contribution in [2.24, 2.45) is 0 Å². The summed E-state index contributed by atoms with van der Waals surface area (Å²) in [5, 5.41) is 2.90. The summed E-state index contributed by atoms with van der Waals surface area (Å²) in [4.78, 5) is 12.0. The molecule has 98 valence electrons. The van der Waals surface area contributed by atoms with Crippen molar-refractivity contribution in [3.05, 3.63) is 64.7 Å². The number of nitrogens with one attached hydrogen (secondary N) is 1. The number of amides is 1. The standard InChI is InChI=1S/C16H18N2O/c1-11-4-3-5-13(6-11)10-18-16(19)14-7-12(2)8-15(17)9-14/h3-9H,10,17H2,1-2H3,(H,18,19). The van der Waals surface area contributed by atoms with E-state index in [1.165, 1.54) is 5.56 Å². The molecule has 0 aliphatic rings. The van der Waals surface area contributed by atoms with E-state index in [1.807, 2.05) is 44.2 Å². The van der Waals surface area contributed by atoms with E-state index in [0.29, 0.717) is 17.8 Å². The Bertz CT molecular complexity index is 585. The highest BCUT2D eigenvalue weighted by Crippen LogP contribution is 2.11. The molecule has 0 spiro atoms. The quantitative estimate of drug-likeness (QED) is 0.827. The molecule has 0 radical (unpaired) electrons. The number of carbonyl (C=O) groups is 1. The molecule has 0 bridgehead atoms. The van der Waals surface area contributed by atoms with E-state index < -0.39 is 0 Å². The zero-order valence-electron chi connectivity index (χ0n) is 11.2. The van der Waals surface area contributed by atoms with Crippen molar-refractivity contribution in [3.63, 3.8) is 0 Å². The maximum Gasteiger partial charge on any atom is 0.251 e. The Labute approximate surface area is 113 Å². The fourth-order valence-electron chi connectivity index (χ4n) is 2.05. The average molecular weight is 254 g/mol. The molecular weight excluding hydrogens is 236 g/mol. The molecule has 0 aromatic heterocycles. The van der Waals surface area contributed by atoms with Crippen LogP contribution in [-0.4, -0.2) is 5.91 Å². The van der Waals surface area contributed by atoms with Crippen LogP contribution in [0.3, 0.4) is 0 Å². The molecule has 2 aromatic carbocycles. The SMILES string of the molecule is Cc1cccc(CNC(=O)c2cc(C)cc(N)c2)c1. The zero-order chi connectivity index (χ0) is 13.8. The normalized spacial score (nSPS) is 10.2. The monoisotopic (exact) mass is 254 g/mol. The summed E-state index contributed by atoms with van der Waals surface area (Å²) in [7, 11) is 0. The van der Waals surface area contributed by atoms with Gasteiger partial charge in [-0.2, -0.15) is 0 Å². The molecule has 2 rings (SSSR count). The maximum absolute atomic E-state index is 12.0. The van der Waals surface area contributed by atoms with Crippen molar-refractivity contribution >= 4 is 11.6 Å². The molecule has 19 heavy (non-hydrogen) atoms. The first-order valence-electron chi connectivity index (χ1n) is 6.25. The van der Waals surface area contributed by atoms with Crippen molar-refractivity contribution in [3.8, 4) is 0 Å². The van der Waals surface area contributed by atoms with Crippen LogP contribution in [0.2, 0.25) is 0 Å². The summed E-state index contributed by atoms with van der Waals surface area (Å²) in [6, 6.07) is 13.5. The highest BCUT2D eigenvalue weighted by Gasteiger charge is 2.06. The van der Waals surface area contributed by atoms with Crippen molar-refractivity contribution in [2.45, 2.75) is 20.4 Å². The number of nitrogen functional groups attached to an aromatic ring is 1. The second-order valence-corrected chi connectivity index (χ2v) is 4.80. The number of hydrogen-bond acceptors (Lipinski definition) is 2. The Balaban J connectivity index is 2.05. The van der Waals surface area contributed by atoms with E-state index in [9.17, 15) is 4.79 Å². The first-order chi connectivity index (χ1) is 9.04. The van der Waals surface area contributed by atoms with E-state index in [2.05, 4.69) is 11.4 Å². The van der Waals surface area contributed by atoms with Crippen LogP contribution >= 0.6 is 0 Å². The number of nitrogens with two attached hydrogens (primary N) is 1. The van der Waals surface area contributed by atoms with Gasteiger partial charge in [0, 0.05) is 17.8 Å². The van der Waals surface area contributed by atoms with Crippen LogP contribution in [0, 0.1) is 13.8 Å². The molecule has 0 aliphatic carbocycles. The Kier molecular flexibility index (Phi) is 3.85. The molecule has 3 heteroatoms. The Morgan fingerprint density at radius 2 is 1.89 bits per heavy atom. The highest BCUT2D eigenvalue weighted by atomic mass is 16.1. The summed E-state index contributed by atoms with van der Waals surface area (Å²) in [5.74, 6) is -0.100. The second kappa shape index (κ2) is 5.57. The molecule has 0 unspecified atom stereocenters. The van der Waals surface area contributed by atoms with Gasteiger partial charge in [-0.05, 0) is 43.2 Å². The summed E-state index contributed by atoms with van der Waals surface area (Å²) in [5.41, 5.74) is 10.2. The third-order valence-electron chi connectivity index (χ3n) is 2.90. The van der Waals surface area contributed by atoms with Gasteiger partial charge in [0.1, 0.15) is 0 Å². The van der Waals surface area contributed by atoms with Crippen molar-refractivity contribution in [2.75, 3.05) is 5.73 Å². The fourth-order valence-corrected chi connectivity index (χ4v) is 2.05. The van der Waals surface area contributed by atoms with Gasteiger partial charge in [-0.1, -0.05) is 29.8 Å². The van der Waals surface area contributed by atoms with E-state index in [0.717, 1.165) is 11.1 Å². The van der Waals surface area contributed by atoms with E-state index in [1.54, 1.807) is 6.07 Å². The van der Waals surface area contributed by atoms with E-state index >= 15 is 0 Å². The Morgan fingerprint density at radius 1 is 1.11 bits per heavy atom.